The molecule has 0 saturated carbocycles. The Morgan fingerprint density at radius 3 is 2.61 bits per heavy atom. The van der Waals surface area contributed by atoms with Gasteiger partial charge in [-0.15, -0.1) is 0 Å². The van der Waals surface area contributed by atoms with Gasteiger partial charge in [-0.1, -0.05) is 18.2 Å². The van der Waals surface area contributed by atoms with E-state index in [9.17, 15) is 13.2 Å². The monoisotopic (exact) mass is 338 g/mol. The summed E-state index contributed by atoms with van der Waals surface area (Å²) < 4.78 is 30.9. The van der Waals surface area contributed by atoms with Crippen molar-refractivity contribution in [3.05, 3.63) is 35.9 Å². The van der Waals surface area contributed by atoms with Crippen LogP contribution in [0.4, 0.5) is 0 Å². The van der Waals surface area contributed by atoms with E-state index in [4.69, 9.17) is 4.74 Å². The molecule has 0 unspecified atom stereocenters. The van der Waals surface area contributed by atoms with Crippen molar-refractivity contribution in [3.8, 4) is 0 Å². The number of fused-ring (bicyclic) bond motifs is 1. The van der Waals surface area contributed by atoms with Gasteiger partial charge in [-0.25, -0.2) is 8.42 Å². The smallest absolute Gasteiger partial charge is 0.253 e. The minimum absolute atomic E-state index is 0.0110. The second kappa shape index (κ2) is 6.59. The van der Waals surface area contributed by atoms with Crippen molar-refractivity contribution < 1.29 is 17.9 Å². The van der Waals surface area contributed by atoms with E-state index in [1.807, 2.05) is 35.2 Å². The third-order valence-electron chi connectivity index (χ3n) is 4.58. The molecule has 0 aliphatic carbocycles. The maximum absolute atomic E-state index is 12.5. The van der Waals surface area contributed by atoms with Crippen LogP contribution in [0.3, 0.4) is 0 Å². The fraction of sp³-hybridized carbons (Fsp3) is 0.562. The minimum atomic E-state index is -3.20. The standard InChI is InChI=1S/C16H22N2O4S/c1-23(20,21)18-9-10-22-15-12-17(8-7-14(15)11-18)16(19)13-5-3-2-4-6-13/h2-6,14-15H,7-12H2,1H3/t14-,15-/m1/s1. The van der Waals surface area contributed by atoms with Crippen LogP contribution in [0.25, 0.3) is 0 Å². The van der Waals surface area contributed by atoms with Crippen molar-refractivity contribution in [2.45, 2.75) is 12.5 Å². The first-order chi connectivity index (χ1) is 10.9. The number of ether oxygens (including phenoxy) is 1. The van der Waals surface area contributed by atoms with Gasteiger partial charge in [0.15, 0.2) is 0 Å². The number of carbonyl (C=O) groups excluding carboxylic acids is 1. The minimum Gasteiger partial charge on any atom is -0.375 e. The summed E-state index contributed by atoms with van der Waals surface area (Å²) in [6.45, 7) is 2.41. The normalized spacial score (nSPS) is 26.4. The first-order valence-electron chi connectivity index (χ1n) is 7.86. The molecule has 6 nitrogen and oxygen atoms in total. The number of nitrogens with zero attached hydrogens (tertiary/aromatic N) is 2. The van der Waals surface area contributed by atoms with E-state index < -0.39 is 10.0 Å². The fourth-order valence-electron chi connectivity index (χ4n) is 3.27. The van der Waals surface area contributed by atoms with Gasteiger partial charge in [0, 0.05) is 37.7 Å². The van der Waals surface area contributed by atoms with Crippen molar-refractivity contribution in [2.75, 3.05) is 39.0 Å². The highest BCUT2D eigenvalue weighted by Gasteiger charge is 2.37. The van der Waals surface area contributed by atoms with Gasteiger partial charge < -0.3 is 9.64 Å². The van der Waals surface area contributed by atoms with E-state index in [0.29, 0.717) is 38.3 Å². The number of carbonyl (C=O) groups is 1. The Morgan fingerprint density at radius 2 is 1.91 bits per heavy atom. The molecule has 2 saturated heterocycles. The number of piperidine rings is 1. The summed E-state index contributed by atoms with van der Waals surface area (Å²) in [5.74, 6) is 0.156. The van der Waals surface area contributed by atoms with Crippen molar-refractivity contribution >= 4 is 15.9 Å². The number of amides is 1. The maximum atomic E-state index is 12.5. The van der Waals surface area contributed by atoms with Crippen LogP contribution < -0.4 is 0 Å². The predicted molar refractivity (Wildman–Crippen MR) is 86.6 cm³/mol. The van der Waals surface area contributed by atoms with Gasteiger partial charge in [0.05, 0.1) is 19.0 Å². The molecule has 3 rings (SSSR count). The van der Waals surface area contributed by atoms with Crippen LogP contribution >= 0.6 is 0 Å². The second-order valence-electron chi connectivity index (χ2n) is 6.20. The highest BCUT2D eigenvalue weighted by atomic mass is 32.2. The van der Waals surface area contributed by atoms with Crippen LogP contribution in [-0.4, -0.2) is 68.7 Å². The van der Waals surface area contributed by atoms with Crippen molar-refractivity contribution in [2.24, 2.45) is 5.92 Å². The van der Waals surface area contributed by atoms with Crippen molar-refractivity contribution in [1.29, 1.82) is 0 Å². The zero-order valence-corrected chi connectivity index (χ0v) is 14.0. The zero-order chi connectivity index (χ0) is 16.4. The summed E-state index contributed by atoms with van der Waals surface area (Å²) in [7, 11) is -3.20. The van der Waals surface area contributed by atoms with E-state index in [0.717, 1.165) is 6.42 Å². The summed E-state index contributed by atoms with van der Waals surface area (Å²) in [6.07, 6.45) is 1.90. The number of benzene rings is 1. The van der Waals surface area contributed by atoms with E-state index >= 15 is 0 Å². The summed E-state index contributed by atoms with van der Waals surface area (Å²) in [5, 5.41) is 0. The fourth-order valence-corrected chi connectivity index (χ4v) is 4.14. The van der Waals surface area contributed by atoms with Crippen LogP contribution in [0.5, 0.6) is 0 Å². The molecule has 0 spiro atoms. The molecule has 0 radical (unpaired) electrons. The number of hydrogen-bond donors (Lipinski definition) is 0. The molecule has 0 bridgehead atoms. The Hall–Kier alpha value is -1.44. The van der Waals surface area contributed by atoms with E-state index in [1.165, 1.54) is 10.6 Å². The molecule has 2 aliphatic heterocycles. The molecular formula is C16H22N2O4S. The predicted octanol–water partition coefficient (Wildman–Crippen LogP) is 0.809. The van der Waals surface area contributed by atoms with Crippen molar-refractivity contribution in [1.82, 2.24) is 9.21 Å². The quantitative estimate of drug-likeness (QED) is 0.800. The lowest BCUT2D eigenvalue weighted by Crippen LogP contribution is -2.49. The average molecular weight is 338 g/mol. The Bertz CT molecular complexity index is 662. The van der Waals surface area contributed by atoms with Crippen LogP contribution in [0, 0.1) is 5.92 Å². The first kappa shape index (κ1) is 16.4. The molecule has 1 amide bonds. The number of sulfonamides is 1. The summed E-state index contributed by atoms with van der Waals surface area (Å²) >= 11 is 0. The van der Waals surface area contributed by atoms with Gasteiger partial charge in [0.25, 0.3) is 5.91 Å². The molecule has 2 heterocycles. The van der Waals surface area contributed by atoms with Crippen molar-refractivity contribution in [3.63, 3.8) is 0 Å². The second-order valence-corrected chi connectivity index (χ2v) is 8.18. The Morgan fingerprint density at radius 1 is 1.17 bits per heavy atom. The third-order valence-corrected chi connectivity index (χ3v) is 5.85. The molecule has 1 aromatic carbocycles. The molecule has 2 aliphatic rings. The molecule has 7 heteroatoms. The summed E-state index contributed by atoms with van der Waals surface area (Å²) in [4.78, 5) is 14.4. The van der Waals surface area contributed by atoms with Gasteiger partial charge in [0.1, 0.15) is 0 Å². The largest absolute Gasteiger partial charge is 0.375 e. The maximum Gasteiger partial charge on any atom is 0.253 e. The van der Waals surface area contributed by atoms with Crippen LogP contribution in [0.2, 0.25) is 0 Å². The molecule has 2 fully saturated rings. The van der Waals surface area contributed by atoms with E-state index in [2.05, 4.69) is 0 Å². The van der Waals surface area contributed by atoms with Crippen LogP contribution in [0.15, 0.2) is 30.3 Å². The van der Waals surface area contributed by atoms with Gasteiger partial charge in [-0.05, 0) is 18.6 Å². The number of rotatable bonds is 2. The Labute approximate surface area is 137 Å². The molecular weight excluding hydrogens is 316 g/mol. The van der Waals surface area contributed by atoms with Crippen LogP contribution in [-0.2, 0) is 14.8 Å². The Kier molecular flexibility index (Phi) is 4.70. The van der Waals surface area contributed by atoms with Crippen LogP contribution in [0.1, 0.15) is 16.8 Å². The topological polar surface area (TPSA) is 66.9 Å². The number of likely N-dealkylation sites (tertiary alicyclic amines) is 1. The highest BCUT2D eigenvalue weighted by Crippen LogP contribution is 2.26. The van der Waals surface area contributed by atoms with Gasteiger partial charge in [-0.2, -0.15) is 4.31 Å². The zero-order valence-electron chi connectivity index (χ0n) is 13.2. The summed E-state index contributed by atoms with van der Waals surface area (Å²) in [5.41, 5.74) is 0.678. The lowest BCUT2D eigenvalue weighted by atomic mass is 9.93. The van der Waals surface area contributed by atoms with Gasteiger partial charge >= 0.3 is 0 Å². The van der Waals surface area contributed by atoms with Gasteiger partial charge in [0.2, 0.25) is 10.0 Å². The molecule has 0 aromatic heterocycles. The van der Waals surface area contributed by atoms with E-state index in [-0.39, 0.29) is 17.9 Å². The Balaban J connectivity index is 1.69. The molecule has 2 atom stereocenters. The highest BCUT2D eigenvalue weighted by molar-refractivity contribution is 7.88. The van der Waals surface area contributed by atoms with E-state index in [1.54, 1.807) is 0 Å². The SMILES string of the molecule is CS(=O)(=O)N1CCO[C@@H]2CN(C(=O)c3ccccc3)CC[C@@H]2C1. The molecule has 0 N–H and O–H groups in total. The van der Waals surface area contributed by atoms with Gasteiger partial charge in [-0.3, -0.25) is 4.79 Å². The average Bonchev–Trinajstić information content (AvgIpc) is 2.76. The first-order valence-corrected chi connectivity index (χ1v) is 9.71. The molecule has 23 heavy (non-hydrogen) atoms. The number of hydrogen-bond acceptors (Lipinski definition) is 4. The lowest BCUT2D eigenvalue weighted by Gasteiger charge is -2.37. The lowest BCUT2D eigenvalue weighted by molar-refractivity contribution is -0.0170. The molecule has 126 valence electrons. The third kappa shape index (κ3) is 3.73. The summed E-state index contributed by atoms with van der Waals surface area (Å²) in [6, 6.07) is 9.22. The molecule has 1 aromatic rings.